The van der Waals surface area contributed by atoms with Crippen molar-refractivity contribution in [3.63, 3.8) is 0 Å². The fourth-order valence-electron chi connectivity index (χ4n) is 3.93. The van der Waals surface area contributed by atoms with Crippen LogP contribution in [0.15, 0.2) is 0 Å². The molecule has 1 N–H and O–H groups in total. The smallest absolute Gasteiger partial charge is 0.0646 e. The summed E-state index contributed by atoms with van der Waals surface area (Å²) in [7, 11) is 4.04. The maximum absolute atomic E-state index is 10.1. The lowest BCUT2D eigenvalue weighted by Gasteiger charge is -2.48. The molecule has 0 aliphatic heterocycles. The van der Waals surface area contributed by atoms with E-state index in [1.54, 1.807) is 7.11 Å². The van der Waals surface area contributed by atoms with Crippen LogP contribution in [0.3, 0.4) is 0 Å². The highest BCUT2D eigenvalue weighted by molar-refractivity contribution is 5.07. The van der Waals surface area contributed by atoms with E-state index in [9.17, 15) is 5.11 Å². The first-order valence-electron chi connectivity index (χ1n) is 7.70. The summed E-state index contributed by atoms with van der Waals surface area (Å²) in [5.74, 6) is 0.662. The Morgan fingerprint density at radius 3 is 2.37 bits per heavy atom. The van der Waals surface area contributed by atoms with Gasteiger partial charge in [-0.2, -0.15) is 0 Å². The Kier molecular flexibility index (Phi) is 4.29. The summed E-state index contributed by atoms with van der Waals surface area (Å²) in [4.78, 5) is 2.54. The topological polar surface area (TPSA) is 32.7 Å². The second-order valence-electron chi connectivity index (χ2n) is 7.78. The molecule has 2 fully saturated rings. The highest BCUT2D eigenvalue weighted by atomic mass is 16.5. The molecule has 0 bridgehead atoms. The van der Waals surface area contributed by atoms with Crippen molar-refractivity contribution < 1.29 is 9.84 Å². The summed E-state index contributed by atoms with van der Waals surface area (Å²) in [5, 5.41) is 10.1. The maximum atomic E-state index is 10.1. The van der Waals surface area contributed by atoms with Gasteiger partial charge in [0.25, 0.3) is 0 Å². The van der Waals surface area contributed by atoms with E-state index in [0.29, 0.717) is 17.4 Å². The highest BCUT2D eigenvalue weighted by Crippen LogP contribution is 2.48. The molecule has 0 amide bonds. The molecule has 3 atom stereocenters. The Bertz CT molecular complexity index is 306. The van der Waals surface area contributed by atoms with Crippen LogP contribution in [0.5, 0.6) is 0 Å². The number of nitrogens with zero attached hydrogens (tertiary/aromatic N) is 1. The number of methoxy groups -OCH3 is 1. The number of hydrogen-bond acceptors (Lipinski definition) is 3. The van der Waals surface area contributed by atoms with Crippen LogP contribution in [0.2, 0.25) is 0 Å². The molecule has 2 aliphatic rings. The van der Waals surface area contributed by atoms with Crippen LogP contribution in [0, 0.1) is 11.3 Å². The molecule has 0 radical (unpaired) electrons. The van der Waals surface area contributed by atoms with Crippen molar-refractivity contribution in [2.75, 3.05) is 20.8 Å². The van der Waals surface area contributed by atoms with Crippen LogP contribution in [0.4, 0.5) is 0 Å². The Morgan fingerprint density at radius 2 is 1.89 bits per heavy atom. The van der Waals surface area contributed by atoms with Gasteiger partial charge in [0.15, 0.2) is 0 Å². The molecule has 3 nitrogen and oxygen atoms in total. The third kappa shape index (κ3) is 3.14. The summed E-state index contributed by atoms with van der Waals surface area (Å²) < 4.78 is 5.42. The molecule has 0 spiro atoms. The zero-order chi connectivity index (χ0) is 14.3. The molecule has 0 aromatic rings. The number of aliphatic hydroxyl groups is 1. The van der Waals surface area contributed by atoms with Crippen LogP contribution in [0.1, 0.15) is 52.9 Å². The Balaban J connectivity index is 2.13. The number of rotatable bonds is 4. The number of ether oxygens (including phenoxy) is 1. The van der Waals surface area contributed by atoms with Crippen molar-refractivity contribution >= 4 is 0 Å². The van der Waals surface area contributed by atoms with E-state index < -0.39 is 0 Å². The minimum absolute atomic E-state index is 0.121. The van der Waals surface area contributed by atoms with E-state index in [4.69, 9.17) is 4.74 Å². The van der Waals surface area contributed by atoms with Gasteiger partial charge in [0.2, 0.25) is 0 Å². The average Bonchev–Trinajstić information content (AvgIpc) is 3.08. The molecule has 112 valence electrons. The molecule has 2 aliphatic carbocycles. The molecule has 0 aromatic carbocycles. The van der Waals surface area contributed by atoms with Crippen molar-refractivity contribution in [3.05, 3.63) is 0 Å². The molecular formula is C16H31NO2. The van der Waals surface area contributed by atoms with Gasteiger partial charge in [0.1, 0.15) is 0 Å². The summed E-state index contributed by atoms with van der Waals surface area (Å²) >= 11 is 0. The first kappa shape index (κ1) is 15.3. The average molecular weight is 269 g/mol. The normalized spacial score (nSPS) is 34.6. The van der Waals surface area contributed by atoms with Crippen molar-refractivity contribution in [3.8, 4) is 0 Å². The number of likely N-dealkylation sites (N-methyl/N-ethyl adjacent to an activating group) is 1. The Morgan fingerprint density at radius 1 is 1.26 bits per heavy atom. The van der Waals surface area contributed by atoms with E-state index in [1.165, 1.54) is 12.8 Å². The summed E-state index contributed by atoms with van der Waals surface area (Å²) in [6.07, 6.45) is 5.38. The summed E-state index contributed by atoms with van der Waals surface area (Å²) in [6.45, 7) is 7.84. The minimum Gasteiger partial charge on any atom is -0.393 e. The highest BCUT2D eigenvalue weighted by Gasteiger charge is 2.51. The molecule has 3 unspecified atom stereocenters. The van der Waals surface area contributed by atoms with Crippen molar-refractivity contribution in [2.24, 2.45) is 11.3 Å². The lowest BCUT2D eigenvalue weighted by atomic mass is 9.68. The van der Waals surface area contributed by atoms with E-state index in [-0.39, 0.29) is 11.6 Å². The largest absolute Gasteiger partial charge is 0.393 e. The first-order valence-corrected chi connectivity index (χ1v) is 7.70. The molecule has 0 heterocycles. The van der Waals surface area contributed by atoms with Gasteiger partial charge in [-0.3, -0.25) is 4.90 Å². The zero-order valence-electron chi connectivity index (χ0n) is 13.3. The Labute approximate surface area is 118 Å². The summed E-state index contributed by atoms with van der Waals surface area (Å²) in [6, 6.07) is 0.487. The van der Waals surface area contributed by atoms with Gasteiger partial charge >= 0.3 is 0 Å². The SMILES string of the molecule is COCC1(N(C)C2CC(O)CCC2C(C)(C)C)CC1. The molecular weight excluding hydrogens is 238 g/mol. The molecule has 0 aromatic heterocycles. The van der Waals surface area contributed by atoms with Gasteiger partial charge in [-0.1, -0.05) is 20.8 Å². The second kappa shape index (κ2) is 5.34. The zero-order valence-corrected chi connectivity index (χ0v) is 13.3. The molecule has 2 saturated carbocycles. The van der Waals surface area contributed by atoms with Gasteiger partial charge in [-0.05, 0) is 50.5 Å². The Hall–Kier alpha value is -0.120. The van der Waals surface area contributed by atoms with E-state index >= 15 is 0 Å². The fourth-order valence-corrected chi connectivity index (χ4v) is 3.93. The lowest BCUT2D eigenvalue weighted by molar-refractivity contribution is -0.0366. The van der Waals surface area contributed by atoms with Gasteiger partial charge in [0, 0.05) is 18.7 Å². The molecule has 0 saturated heterocycles. The number of hydrogen-bond donors (Lipinski definition) is 1. The molecule has 19 heavy (non-hydrogen) atoms. The predicted molar refractivity (Wildman–Crippen MR) is 78.2 cm³/mol. The van der Waals surface area contributed by atoms with Crippen LogP contribution >= 0.6 is 0 Å². The van der Waals surface area contributed by atoms with E-state index in [2.05, 4.69) is 32.7 Å². The van der Waals surface area contributed by atoms with Crippen molar-refractivity contribution in [1.29, 1.82) is 0 Å². The second-order valence-corrected chi connectivity index (χ2v) is 7.78. The van der Waals surface area contributed by atoms with Crippen LogP contribution in [-0.4, -0.2) is 48.5 Å². The monoisotopic (exact) mass is 269 g/mol. The van der Waals surface area contributed by atoms with Crippen LogP contribution < -0.4 is 0 Å². The van der Waals surface area contributed by atoms with Crippen molar-refractivity contribution in [1.82, 2.24) is 4.90 Å². The van der Waals surface area contributed by atoms with Crippen LogP contribution in [-0.2, 0) is 4.74 Å². The van der Waals surface area contributed by atoms with Gasteiger partial charge in [-0.15, -0.1) is 0 Å². The fraction of sp³-hybridized carbons (Fsp3) is 1.00. The van der Waals surface area contributed by atoms with Gasteiger partial charge in [0.05, 0.1) is 12.7 Å². The minimum atomic E-state index is -0.121. The molecule has 3 heteroatoms. The van der Waals surface area contributed by atoms with E-state index in [0.717, 1.165) is 25.9 Å². The maximum Gasteiger partial charge on any atom is 0.0646 e. The van der Waals surface area contributed by atoms with E-state index in [1.807, 2.05) is 0 Å². The standard InChI is InChI=1S/C16H31NO2/c1-15(2,3)13-7-6-12(18)10-14(13)17(4)16(8-9-16)11-19-5/h12-14,18H,6-11H2,1-5H3. The third-order valence-electron chi connectivity index (χ3n) is 5.39. The van der Waals surface area contributed by atoms with Gasteiger partial charge < -0.3 is 9.84 Å². The van der Waals surface area contributed by atoms with Gasteiger partial charge in [-0.25, -0.2) is 0 Å². The predicted octanol–water partition coefficient (Wildman–Crippen LogP) is 2.67. The summed E-state index contributed by atoms with van der Waals surface area (Å²) in [5.41, 5.74) is 0.558. The lowest BCUT2D eigenvalue weighted by Crippen LogP contribution is -2.53. The van der Waals surface area contributed by atoms with Crippen molar-refractivity contribution in [2.45, 2.75) is 70.6 Å². The third-order valence-corrected chi connectivity index (χ3v) is 5.39. The molecule has 2 rings (SSSR count). The van der Waals surface area contributed by atoms with Crippen LogP contribution in [0.25, 0.3) is 0 Å². The quantitative estimate of drug-likeness (QED) is 0.851. The number of aliphatic hydroxyl groups excluding tert-OH is 1. The first-order chi connectivity index (χ1) is 8.80.